The summed E-state index contributed by atoms with van der Waals surface area (Å²) >= 11 is 5.83. The Bertz CT molecular complexity index is 613. The number of hydrogen-bond donors (Lipinski definition) is 2. The van der Waals surface area contributed by atoms with Crippen molar-refractivity contribution in [3.8, 4) is 11.8 Å². The molecule has 0 unspecified atom stereocenters. The molecule has 1 saturated carbocycles. The van der Waals surface area contributed by atoms with Gasteiger partial charge in [-0.1, -0.05) is 11.6 Å². The zero-order valence-electron chi connectivity index (χ0n) is 12.2. The number of hydrogen-bond acceptors (Lipinski definition) is 4. The SMILES string of the molecule is N#CC1(NC(=O)CNc2ccc(OC(F)F)c(Cl)c2)CCCC1. The topological polar surface area (TPSA) is 74.2 Å². The van der Waals surface area contributed by atoms with Crippen LogP contribution in [0, 0.1) is 11.3 Å². The third kappa shape index (κ3) is 4.70. The van der Waals surface area contributed by atoms with E-state index >= 15 is 0 Å². The summed E-state index contributed by atoms with van der Waals surface area (Å²) < 4.78 is 28.5. The zero-order valence-corrected chi connectivity index (χ0v) is 13.0. The van der Waals surface area contributed by atoms with Gasteiger partial charge in [0.05, 0.1) is 17.6 Å². The van der Waals surface area contributed by atoms with Crippen LogP contribution in [-0.2, 0) is 4.79 Å². The second kappa shape index (κ2) is 7.47. The Labute approximate surface area is 137 Å². The van der Waals surface area contributed by atoms with Gasteiger partial charge in [0.1, 0.15) is 11.3 Å². The number of nitrogens with zero attached hydrogens (tertiary/aromatic N) is 1. The second-order valence-corrected chi connectivity index (χ2v) is 5.73. The van der Waals surface area contributed by atoms with Crippen LogP contribution in [0.25, 0.3) is 0 Å². The molecular formula is C15H16ClF2N3O2. The smallest absolute Gasteiger partial charge is 0.387 e. The second-order valence-electron chi connectivity index (χ2n) is 5.33. The maximum atomic E-state index is 12.1. The van der Waals surface area contributed by atoms with E-state index < -0.39 is 12.2 Å². The van der Waals surface area contributed by atoms with Crippen molar-refractivity contribution in [1.82, 2.24) is 5.32 Å². The lowest BCUT2D eigenvalue weighted by atomic mass is 10.00. The van der Waals surface area contributed by atoms with Crippen LogP contribution in [0.5, 0.6) is 5.75 Å². The fourth-order valence-electron chi connectivity index (χ4n) is 2.54. The van der Waals surface area contributed by atoms with Crippen LogP contribution in [-0.4, -0.2) is 24.6 Å². The normalized spacial score (nSPS) is 16.0. The number of alkyl halides is 2. The van der Waals surface area contributed by atoms with E-state index in [2.05, 4.69) is 21.4 Å². The molecule has 124 valence electrons. The van der Waals surface area contributed by atoms with Crippen molar-refractivity contribution >= 4 is 23.2 Å². The van der Waals surface area contributed by atoms with Crippen molar-refractivity contribution < 1.29 is 18.3 Å². The molecule has 0 saturated heterocycles. The van der Waals surface area contributed by atoms with E-state index in [9.17, 15) is 18.8 Å². The molecule has 0 heterocycles. The lowest BCUT2D eigenvalue weighted by Gasteiger charge is -2.22. The highest BCUT2D eigenvalue weighted by Crippen LogP contribution is 2.30. The molecule has 5 nitrogen and oxygen atoms in total. The van der Waals surface area contributed by atoms with Gasteiger partial charge in [-0.25, -0.2) is 0 Å². The van der Waals surface area contributed by atoms with Gasteiger partial charge >= 0.3 is 6.61 Å². The highest BCUT2D eigenvalue weighted by Gasteiger charge is 2.35. The molecule has 1 aliphatic carbocycles. The highest BCUT2D eigenvalue weighted by molar-refractivity contribution is 6.32. The quantitative estimate of drug-likeness (QED) is 0.831. The lowest BCUT2D eigenvalue weighted by Crippen LogP contribution is -2.47. The number of amides is 1. The van der Waals surface area contributed by atoms with Crippen LogP contribution in [0.4, 0.5) is 14.5 Å². The predicted octanol–water partition coefficient (Wildman–Crippen LogP) is 3.31. The molecule has 0 aromatic heterocycles. The van der Waals surface area contributed by atoms with Gasteiger partial charge in [0.15, 0.2) is 0 Å². The summed E-state index contributed by atoms with van der Waals surface area (Å²) in [5, 5.41) is 14.8. The van der Waals surface area contributed by atoms with Crippen LogP contribution in [0.2, 0.25) is 5.02 Å². The Morgan fingerprint density at radius 3 is 2.70 bits per heavy atom. The first kappa shape index (κ1) is 17.3. The first-order valence-electron chi connectivity index (χ1n) is 7.15. The molecule has 1 aliphatic rings. The summed E-state index contributed by atoms with van der Waals surface area (Å²) in [5.41, 5.74) is -0.282. The van der Waals surface area contributed by atoms with Crippen LogP contribution in [0.1, 0.15) is 25.7 Å². The molecule has 1 aromatic carbocycles. The molecule has 0 spiro atoms. The minimum atomic E-state index is -2.95. The number of halogens is 3. The molecule has 23 heavy (non-hydrogen) atoms. The third-order valence-electron chi connectivity index (χ3n) is 3.65. The van der Waals surface area contributed by atoms with Crippen LogP contribution in [0.15, 0.2) is 18.2 Å². The van der Waals surface area contributed by atoms with E-state index in [0.29, 0.717) is 18.5 Å². The number of rotatable bonds is 6. The van der Waals surface area contributed by atoms with Crippen molar-refractivity contribution in [3.63, 3.8) is 0 Å². The van der Waals surface area contributed by atoms with Crippen molar-refractivity contribution in [3.05, 3.63) is 23.2 Å². The van der Waals surface area contributed by atoms with Crippen molar-refractivity contribution in [1.29, 1.82) is 5.26 Å². The first-order valence-corrected chi connectivity index (χ1v) is 7.52. The average molecular weight is 344 g/mol. The number of carbonyl (C=O) groups is 1. The summed E-state index contributed by atoms with van der Waals surface area (Å²) in [6.45, 7) is -3.00. The third-order valence-corrected chi connectivity index (χ3v) is 3.95. The first-order chi connectivity index (χ1) is 10.9. The summed E-state index contributed by atoms with van der Waals surface area (Å²) in [6, 6.07) is 6.34. The van der Waals surface area contributed by atoms with E-state index in [-0.39, 0.29) is 23.2 Å². The highest BCUT2D eigenvalue weighted by atomic mass is 35.5. The van der Waals surface area contributed by atoms with E-state index in [4.69, 9.17) is 11.6 Å². The monoisotopic (exact) mass is 343 g/mol. The average Bonchev–Trinajstić information content (AvgIpc) is 2.96. The zero-order chi connectivity index (χ0) is 16.9. The van der Waals surface area contributed by atoms with Gasteiger partial charge in [-0.3, -0.25) is 4.79 Å². The van der Waals surface area contributed by atoms with Crippen LogP contribution in [0.3, 0.4) is 0 Å². The Morgan fingerprint density at radius 1 is 1.43 bits per heavy atom. The Morgan fingerprint density at radius 2 is 2.13 bits per heavy atom. The Hall–Kier alpha value is -2.07. The maximum Gasteiger partial charge on any atom is 0.387 e. The van der Waals surface area contributed by atoms with Crippen molar-refractivity contribution in [2.75, 3.05) is 11.9 Å². The number of carbonyl (C=O) groups excluding carboxylic acids is 1. The van der Waals surface area contributed by atoms with Crippen molar-refractivity contribution in [2.24, 2.45) is 0 Å². The summed E-state index contributed by atoms with van der Waals surface area (Å²) in [4.78, 5) is 12.0. The Balaban J connectivity index is 1.89. The van der Waals surface area contributed by atoms with Gasteiger partial charge in [0, 0.05) is 5.69 Å². The number of anilines is 1. The molecule has 1 fully saturated rings. The molecule has 0 atom stereocenters. The number of nitriles is 1. The van der Waals surface area contributed by atoms with Gasteiger partial charge in [-0.05, 0) is 43.9 Å². The van der Waals surface area contributed by atoms with Gasteiger partial charge in [-0.15, -0.1) is 0 Å². The standard InChI is InChI=1S/C15H16ClF2N3O2/c16-11-7-10(3-4-12(11)23-14(17)18)20-8-13(22)21-15(9-19)5-1-2-6-15/h3-4,7,14,20H,1-2,5-6,8H2,(H,21,22). The number of benzene rings is 1. The largest absolute Gasteiger partial charge is 0.433 e. The molecular weight excluding hydrogens is 328 g/mol. The number of ether oxygens (including phenoxy) is 1. The fourth-order valence-corrected chi connectivity index (χ4v) is 2.76. The summed E-state index contributed by atoms with van der Waals surface area (Å²) in [5.74, 6) is -0.441. The van der Waals surface area contributed by atoms with Crippen LogP contribution >= 0.6 is 11.6 Å². The van der Waals surface area contributed by atoms with Gasteiger partial charge < -0.3 is 15.4 Å². The molecule has 1 amide bonds. The van der Waals surface area contributed by atoms with Crippen molar-refractivity contribution in [2.45, 2.75) is 37.8 Å². The molecule has 2 N–H and O–H groups in total. The Kier molecular flexibility index (Phi) is 5.61. The van der Waals surface area contributed by atoms with E-state index in [1.165, 1.54) is 18.2 Å². The van der Waals surface area contributed by atoms with E-state index in [0.717, 1.165) is 12.8 Å². The lowest BCUT2D eigenvalue weighted by molar-refractivity contribution is -0.120. The van der Waals surface area contributed by atoms with Gasteiger partial charge in [-0.2, -0.15) is 14.0 Å². The molecule has 1 aromatic rings. The minimum absolute atomic E-state index is 0.0139. The molecule has 0 bridgehead atoms. The summed E-state index contributed by atoms with van der Waals surface area (Å²) in [7, 11) is 0. The molecule has 0 radical (unpaired) electrons. The summed E-state index contributed by atoms with van der Waals surface area (Å²) in [6.07, 6.45) is 3.15. The molecule has 8 heteroatoms. The minimum Gasteiger partial charge on any atom is -0.433 e. The van der Waals surface area contributed by atoms with Gasteiger partial charge in [0.25, 0.3) is 0 Å². The predicted molar refractivity (Wildman–Crippen MR) is 81.5 cm³/mol. The van der Waals surface area contributed by atoms with Gasteiger partial charge in [0.2, 0.25) is 5.91 Å². The fraction of sp³-hybridized carbons (Fsp3) is 0.467. The van der Waals surface area contributed by atoms with E-state index in [1.807, 2.05) is 0 Å². The molecule has 0 aliphatic heterocycles. The van der Waals surface area contributed by atoms with Crippen LogP contribution < -0.4 is 15.4 Å². The van der Waals surface area contributed by atoms with E-state index in [1.54, 1.807) is 0 Å². The number of nitrogens with one attached hydrogen (secondary N) is 2. The molecule has 2 rings (SSSR count). The maximum absolute atomic E-state index is 12.1.